The summed E-state index contributed by atoms with van der Waals surface area (Å²) in [5.74, 6) is -1.52. The Labute approximate surface area is 181 Å². The number of ether oxygens (including phenoxy) is 1. The summed E-state index contributed by atoms with van der Waals surface area (Å²) in [7, 11) is 0. The standard InChI is InChI=1S/C16H13F3O2.C8H4FNO/c17-16(18,19)13(10-6-2-1-3-7-10)14-11-8-4-5-9-12(11)15(20)21-14;9-8-2-1-6(5-11)3-7(8)4-10/h1-3,6-7H,4-5,8-9H2;1-3,5H. The molecule has 2 aromatic rings. The van der Waals surface area contributed by atoms with Crippen LogP contribution in [0, 0.1) is 17.1 Å². The predicted molar refractivity (Wildman–Crippen MR) is 108 cm³/mol. The molecule has 4 nitrogen and oxygen atoms in total. The van der Waals surface area contributed by atoms with Crippen molar-refractivity contribution in [3.8, 4) is 6.07 Å². The Bertz CT molecular complexity index is 1140. The first-order valence-corrected chi connectivity index (χ1v) is 9.72. The number of benzene rings is 2. The van der Waals surface area contributed by atoms with E-state index in [0.717, 1.165) is 18.9 Å². The molecule has 2 aromatic carbocycles. The molecule has 1 aliphatic carbocycles. The number of halogens is 4. The topological polar surface area (TPSA) is 67.2 Å². The van der Waals surface area contributed by atoms with Crippen molar-refractivity contribution in [3.05, 3.63) is 87.9 Å². The number of hydrogen-bond donors (Lipinski definition) is 0. The van der Waals surface area contributed by atoms with Gasteiger partial charge in [-0.1, -0.05) is 30.3 Å². The molecule has 0 bridgehead atoms. The molecule has 0 N–H and O–H groups in total. The average molecular weight is 443 g/mol. The molecule has 0 unspecified atom stereocenters. The fraction of sp³-hybridized carbons (Fsp3) is 0.208. The van der Waals surface area contributed by atoms with Crippen LogP contribution in [0.4, 0.5) is 17.6 Å². The highest BCUT2D eigenvalue weighted by molar-refractivity contribution is 5.97. The van der Waals surface area contributed by atoms with Gasteiger partial charge in [0.15, 0.2) is 0 Å². The SMILES string of the molecule is N#Cc1cc(C=O)ccc1F.O=C1OC(=C(c2ccccc2)C(F)(F)F)C2=C1CCCC2. The molecule has 164 valence electrons. The van der Waals surface area contributed by atoms with Crippen molar-refractivity contribution >= 4 is 17.8 Å². The van der Waals surface area contributed by atoms with Gasteiger partial charge >= 0.3 is 12.1 Å². The van der Waals surface area contributed by atoms with E-state index in [1.807, 2.05) is 0 Å². The van der Waals surface area contributed by atoms with Crippen LogP contribution in [-0.4, -0.2) is 18.4 Å². The molecular formula is C24H17F4NO3. The summed E-state index contributed by atoms with van der Waals surface area (Å²) >= 11 is 0. The third kappa shape index (κ3) is 4.94. The van der Waals surface area contributed by atoms with Gasteiger partial charge in [-0.05, 0) is 49.4 Å². The van der Waals surface area contributed by atoms with Crippen molar-refractivity contribution in [1.29, 1.82) is 5.26 Å². The second-order valence-electron chi connectivity index (χ2n) is 7.09. The summed E-state index contributed by atoms with van der Waals surface area (Å²) in [5.41, 5.74) is 0.212. The van der Waals surface area contributed by atoms with E-state index in [-0.39, 0.29) is 16.9 Å². The zero-order valence-corrected chi connectivity index (χ0v) is 16.7. The summed E-state index contributed by atoms with van der Waals surface area (Å²) in [4.78, 5) is 22.0. The number of carbonyl (C=O) groups excluding carboxylic acids is 2. The van der Waals surface area contributed by atoms with Crippen molar-refractivity contribution in [1.82, 2.24) is 0 Å². The van der Waals surface area contributed by atoms with Crippen LogP contribution >= 0.6 is 0 Å². The van der Waals surface area contributed by atoms with Gasteiger partial charge < -0.3 is 4.74 Å². The fourth-order valence-electron chi connectivity index (χ4n) is 3.53. The van der Waals surface area contributed by atoms with Gasteiger partial charge in [0.05, 0.1) is 5.56 Å². The number of nitrogens with zero attached hydrogens (tertiary/aromatic N) is 1. The van der Waals surface area contributed by atoms with Crippen LogP contribution in [0.5, 0.6) is 0 Å². The number of cyclic esters (lactones) is 1. The molecule has 1 aliphatic heterocycles. The van der Waals surface area contributed by atoms with Gasteiger partial charge in [0.1, 0.15) is 29.5 Å². The van der Waals surface area contributed by atoms with Crippen molar-refractivity contribution in [2.24, 2.45) is 0 Å². The van der Waals surface area contributed by atoms with Crippen LogP contribution in [-0.2, 0) is 9.53 Å². The van der Waals surface area contributed by atoms with Gasteiger partial charge in [-0.2, -0.15) is 18.4 Å². The predicted octanol–water partition coefficient (Wildman–Crippen LogP) is 5.90. The second kappa shape index (κ2) is 9.60. The lowest BCUT2D eigenvalue weighted by molar-refractivity contribution is -0.133. The lowest BCUT2D eigenvalue weighted by Crippen LogP contribution is -2.14. The Morgan fingerprint density at radius 3 is 2.28 bits per heavy atom. The smallest absolute Gasteiger partial charge is 0.420 e. The summed E-state index contributed by atoms with van der Waals surface area (Å²) in [6.45, 7) is 0. The molecule has 0 radical (unpaired) electrons. The summed E-state index contributed by atoms with van der Waals surface area (Å²) in [6, 6.07) is 12.7. The first-order valence-electron chi connectivity index (χ1n) is 9.72. The first kappa shape index (κ1) is 22.9. The number of rotatable bonds is 2. The lowest BCUT2D eigenvalue weighted by Gasteiger charge is -2.17. The largest absolute Gasteiger partial charge is 0.422 e. The van der Waals surface area contributed by atoms with Crippen molar-refractivity contribution in [2.75, 3.05) is 0 Å². The van der Waals surface area contributed by atoms with Crippen LogP contribution in [0.25, 0.3) is 5.57 Å². The van der Waals surface area contributed by atoms with Crippen molar-refractivity contribution in [2.45, 2.75) is 31.9 Å². The van der Waals surface area contributed by atoms with E-state index in [2.05, 4.69) is 0 Å². The Kier molecular flexibility index (Phi) is 6.89. The van der Waals surface area contributed by atoms with Crippen LogP contribution in [0.2, 0.25) is 0 Å². The van der Waals surface area contributed by atoms with E-state index in [1.165, 1.54) is 36.4 Å². The minimum absolute atomic E-state index is 0.0205. The molecule has 0 atom stereocenters. The zero-order valence-electron chi connectivity index (χ0n) is 16.7. The maximum Gasteiger partial charge on any atom is 0.420 e. The highest BCUT2D eigenvalue weighted by atomic mass is 19.4. The number of allylic oxidation sites excluding steroid dienone is 2. The zero-order chi connectivity index (χ0) is 23.3. The fourth-order valence-corrected chi connectivity index (χ4v) is 3.53. The van der Waals surface area contributed by atoms with E-state index >= 15 is 0 Å². The van der Waals surface area contributed by atoms with Gasteiger partial charge in [0, 0.05) is 16.7 Å². The third-order valence-electron chi connectivity index (χ3n) is 5.00. The molecule has 0 fully saturated rings. The Hall–Kier alpha value is -3.73. The highest BCUT2D eigenvalue weighted by Crippen LogP contribution is 2.45. The number of nitriles is 1. The second-order valence-corrected chi connectivity index (χ2v) is 7.09. The lowest BCUT2D eigenvalue weighted by atomic mass is 9.90. The molecule has 8 heteroatoms. The molecular weight excluding hydrogens is 426 g/mol. The summed E-state index contributed by atoms with van der Waals surface area (Å²) in [6.07, 6.45) is -1.45. The van der Waals surface area contributed by atoms with E-state index < -0.39 is 23.5 Å². The molecule has 1 heterocycles. The quantitative estimate of drug-likeness (QED) is 0.329. The summed E-state index contributed by atoms with van der Waals surface area (Å²) in [5, 5.41) is 8.33. The molecule has 0 saturated carbocycles. The molecule has 2 aliphatic rings. The monoisotopic (exact) mass is 443 g/mol. The Morgan fingerprint density at radius 1 is 1.03 bits per heavy atom. The maximum atomic E-state index is 13.5. The van der Waals surface area contributed by atoms with E-state index in [0.29, 0.717) is 35.8 Å². The number of aldehydes is 1. The van der Waals surface area contributed by atoms with Gasteiger partial charge in [0.2, 0.25) is 0 Å². The molecule has 0 aromatic heterocycles. The Morgan fingerprint density at radius 2 is 1.69 bits per heavy atom. The van der Waals surface area contributed by atoms with Crippen LogP contribution < -0.4 is 0 Å². The number of alkyl halides is 3. The van der Waals surface area contributed by atoms with Crippen molar-refractivity contribution in [3.63, 3.8) is 0 Å². The van der Waals surface area contributed by atoms with Crippen molar-refractivity contribution < 1.29 is 31.9 Å². The van der Waals surface area contributed by atoms with E-state index in [4.69, 9.17) is 10.00 Å². The van der Waals surface area contributed by atoms with Crippen LogP contribution in [0.15, 0.2) is 65.4 Å². The van der Waals surface area contributed by atoms with Gasteiger partial charge in [0.25, 0.3) is 0 Å². The van der Waals surface area contributed by atoms with Crippen LogP contribution in [0.3, 0.4) is 0 Å². The average Bonchev–Trinajstić information content (AvgIpc) is 3.11. The molecule has 0 saturated heterocycles. The molecule has 0 spiro atoms. The third-order valence-corrected chi connectivity index (χ3v) is 5.00. The van der Waals surface area contributed by atoms with E-state index in [1.54, 1.807) is 12.1 Å². The minimum atomic E-state index is -4.57. The van der Waals surface area contributed by atoms with Gasteiger partial charge in [-0.3, -0.25) is 4.79 Å². The highest BCUT2D eigenvalue weighted by Gasteiger charge is 2.43. The normalized spacial score (nSPS) is 16.9. The minimum Gasteiger partial charge on any atom is -0.422 e. The molecule has 32 heavy (non-hydrogen) atoms. The molecule has 0 amide bonds. The number of carbonyl (C=O) groups is 2. The van der Waals surface area contributed by atoms with E-state index in [9.17, 15) is 27.2 Å². The first-order chi connectivity index (χ1) is 15.3. The Balaban J connectivity index is 0.000000222. The number of esters is 1. The van der Waals surface area contributed by atoms with Gasteiger partial charge in [-0.15, -0.1) is 0 Å². The van der Waals surface area contributed by atoms with Crippen LogP contribution in [0.1, 0.15) is 47.2 Å². The maximum absolute atomic E-state index is 13.5. The summed E-state index contributed by atoms with van der Waals surface area (Å²) < 4.78 is 58.0. The number of hydrogen-bond acceptors (Lipinski definition) is 4. The molecule has 4 rings (SSSR count). The van der Waals surface area contributed by atoms with Gasteiger partial charge in [-0.25, -0.2) is 9.18 Å².